The number of aliphatic carboxylic acids is 1. The van der Waals surface area contributed by atoms with Crippen LogP contribution in [-0.2, 0) is 4.79 Å². The molecule has 2 rings (SSSR count). The molecule has 2 aromatic rings. The summed E-state index contributed by atoms with van der Waals surface area (Å²) in [6, 6.07) is 5.48. The first kappa shape index (κ1) is 16.6. The van der Waals surface area contributed by atoms with Gasteiger partial charge in [-0.3, -0.25) is 4.98 Å². The van der Waals surface area contributed by atoms with Crippen LogP contribution in [0.2, 0.25) is 0 Å². The molecular weight excluding hydrogens is 313 g/mol. The maximum atomic E-state index is 10.6. The van der Waals surface area contributed by atoms with E-state index in [9.17, 15) is 18.0 Å². The third kappa shape index (κ3) is 5.18. The van der Waals surface area contributed by atoms with E-state index in [1.54, 1.807) is 6.20 Å². The summed E-state index contributed by atoms with van der Waals surface area (Å²) < 4.78 is 31.7. The summed E-state index contributed by atoms with van der Waals surface area (Å²) in [5.74, 6) is -3.76. The summed E-state index contributed by atoms with van der Waals surface area (Å²) in [6.07, 6.45) is -1.90. The van der Waals surface area contributed by atoms with Gasteiger partial charge in [-0.15, -0.1) is 11.3 Å². The number of nitrogens with zero attached hydrogens (tertiary/aromatic N) is 2. The Morgan fingerprint density at radius 2 is 1.76 bits per heavy atom. The molecule has 0 unspecified atom stereocenters. The first-order valence-electron chi connectivity index (χ1n) is 5.12. The summed E-state index contributed by atoms with van der Waals surface area (Å²) >= 11 is 1.12. The molecule has 0 fully saturated rings. The van der Waals surface area contributed by atoms with Crippen LogP contribution in [0.1, 0.15) is 9.80 Å². The zero-order valence-electron chi connectivity index (χ0n) is 10.0. The van der Waals surface area contributed by atoms with E-state index in [1.165, 1.54) is 6.20 Å². The van der Waals surface area contributed by atoms with Crippen LogP contribution in [0.3, 0.4) is 0 Å². The SMILES string of the molecule is O=C(O)C(F)(F)F.O=C(O)c1ncc(-c2ccccn2)s1. The highest BCUT2D eigenvalue weighted by molar-refractivity contribution is 7.16. The molecule has 0 saturated heterocycles. The van der Waals surface area contributed by atoms with Gasteiger partial charge in [0, 0.05) is 12.4 Å². The second-order valence-electron chi connectivity index (χ2n) is 3.35. The average molecular weight is 320 g/mol. The third-order valence-corrected chi connectivity index (χ3v) is 2.86. The maximum Gasteiger partial charge on any atom is 0.490 e. The molecule has 6 nitrogen and oxygen atoms in total. The van der Waals surface area contributed by atoms with Crippen molar-refractivity contribution in [1.82, 2.24) is 9.97 Å². The number of hydrogen-bond acceptors (Lipinski definition) is 5. The summed E-state index contributed by atoms with van der Waals surface area (Å²) in [5.41, 5.74) is 0.748. The van der Waals surface area contributed by atoms with Crippen LogP contribution in [-0.4, -0.2) is 38.3 Å². The predicted molar refractivity (Wildman–Crippen MR) is 66.0 cm³/mol. The predicted octanol–water partition coefficient (Wildman–Crippen LogP) is 2.54. The average Bonchev–Trinajstić information content (AvgIpc) is 2.89. The van der Waals surface area contributed by atoms with Crippen molar-refractivity contribution < 1.29 is 33.0 Å². The second kappa shape index (κ2) is 6.79. The number of alkyl halides is 3. The van der Waals surface area contributed by atoms with Gasteiger partial charge in [0.2, 0.25) is 5.01 Å². The van der Waals surface area contributed by atoms with Crippen molar-refractivity contribution in [3.05, 3.63) is 35.6 Å². The number of rotatable bonds is 2. The minimum absolute atomic E-state index is 0.0886. The van der Waals surface area contributed by atoms with Crippen molar-refractivity contribution in [3.8, 4) is 10.6 Å². The molecule has 0 amide bonds. The second-order valence-corrected chi connectivity index (χ2v) is 4.38. The number of thiazole rings is 1. The fourth-order valence-electron chi connectivity index (χ4n) is 1.000. The highest BCUT2D eigenvalue weighted by Crippen LogP contribution is 2.23. The fourth-order valence-corrected chi connectivity index (χ4v) is 1.73. The van der Waals surface area contributed by atoms with Crippen LogP contribution in [0.15, 0.2) is 30.6 Å². The quantitative estimate of drug-likeness (QED) is 0.882. The molecule has 10 heteroatoms. The van der Waals surface area contributed by atoms with Gasteiger partial charge >= 0.3 is 18.1 Å². The van der Waals surface area contributed by atoms with Crippen molar-refractivity contribution in [2.24, 2.45) is 0 Å². The summed E-state index contributed by atoms with van der Waals surface area (Å²) in [5, 5.41) is 15.9. The fraction of sp³-hybridized carbons (Fsp3) is 0.0909. The van der Waals surface area contributed by atoms with Gasteiger partial charge in [0.15, 0.2) is 0 Å². The molecule has 2 heterocycles. The molecule has 2 aromatic heterocycles. The van der Waals surface area contributed by atoms with E-state index < -0.39 is 18.1 Å². The van der Waals surface area contributed by atoms with Gasteiger partial charge in [-0.25, -0.2) is 14.6 Å². The lowest BCUT2D eigenvalue weighted by Gasteiger charge is -1.93. The van der Waals surface area contributed by atoms with E-state index >= 15 is 0 Å². The van der Waals surface area contributed by atoms with Gasteiger partial charge in [0.1, 0.15) is 0 Å². The van der Waals surface area contributed by atoms with Crippen LogP contribution in [0, 0.1) is 0 Å². The Hall–Kier alpha value is -2.49. The zero-order valence-corrected chi connectivity index (χ0v) is 10.9. The van der Waals surface area contributed by atoms with Gasteiger partial charge in [0.25, 0.3) is 0 Å². The highest BCUT2D eigenvalue weighted by atomic mass is 32.1. The lowest BCUT2D eigenvalue weighted by Crippen LogP contribution is -2.21. The van der Waals surface area contributed by atoms with E-state index in [0.29, 0.717) is 0 Å². The smallest absolute Gasteiger partial charge is 0.476 e. The van der Waals surface area contributed by atoms with Crippen molar-refractivity contribution in [2.75, 3.05) is 0 Å². The molecule has 21 heavy (non-hydrogen) atoms. The minimum Gasteiger partial charge on any atom is -0.476 e. The van der Waals surface area contributed by atoms with E-state index in [1.807, 2.05) is 18.2 Å². The molecule has 0 aliphatic carbocycles. The van der Waals surface area contributed by atoms with Gasteiger partial charge in [-0.1, -0.05) is 6.07 Å². The van der Waals surface area contributed by atoms with Crippen LogP contribution < -0.4 is 0 Å². The van der Waals surface area contributed by atoms with Crippen molar-refractivity contribution in [1.29, 1.82) is 0 Å². The molecule has 0 aromatic carbocycles. The Morgan fingerprint density at radius 3 is 2.14 bits per heavy atom. The normalized spacial score (nSPS) is 10.4. The Labute approximate surface area is 119 Å². The van der Waals surface area contributed by atoms with E-state index in [4.69, 9.17) is 15.0 Å². The molecular formula is C11H7F3N2O4S. The first-order valence-corrected chi connectivity index (χ1v) is 5.94. The molecule has 0 bridgehead atoms. The number of carboxylic acid groups (broad SMARTS) is 2. The summed E-state index contributed by atoms with van der Waals surface area (Å²) in [4.78, 5) is 28.1. The Balaban J connectivity index is 0.000000270. The van der Waals surface area contributed by atoms with E-state index in [2.05, 4.69) is 9.97 Å². The zero-order chi connectivity index (χ0) is 16.0. The van der Waals surface area contributed by atoms with Crippen LogP contribution in [0.25, 0.3) is 10.6 Å². The van der Waals surface area contributed by atoms with Crippen molar-refractivity contribution in [2.45, 2.75) is 6.18 Å². The van der Waals surface area contributed by atoms with Crippen molar-refractivity contribution >= 4 is 23.3 Å². The number of aromatic nitrogens is 2. The monoisotopic (exact) mass is 320 g/mol. The molecule has 112 valence electrons. The van der Waals surface area contributed by atoms with Crippen LogP contribution in [0.5, 0.6) is 0 Å². The number of hydrogen-bond donors (Lipinski definition) is 2. The van der Waals surface area contributed by atoms with Gasteiger partial charge in [-0.05, 0) is 12.1 Å². The molecule has 0 atom stereocenters. The number of halogens is 3. The Bertz CT molecular complexity index is 628. The minimum atomic E-state index is -5.08. The first-order chi connectivity index (χ1) is 9.71. The number of carboxylic acids is 2. The summed E-state index contributed by atoms with van der Waals surface area (Å²) in [6.45, 7) is 0. The van der Waals surface area contributed by atoms with Gasteiger partial charge in [0.05, 0.1) is 10.6 Å². The van der Waals surface area contributed by atoms with Crippen LogP contribution >= 0.6 is 11.3 Å². The number of carbonyl (C=O) groups is 2. The lowest BCUT2D eigenvalue weighted by molar-refractivity contribution is -0.192. The molecule has 0 saturated carbocycles. The summed E-state index contributed by atoms with van der Waals surface area (Å²) in [7, 11) is 0. The third-order valence-electron chi connectivity index (χ3n) is 1.85. The molecule has 0 spiro atoms. The molecule has 0 aliphatic rings. The Morgan fingerprint density at radius 1 is 1.14 bits per heavy atom. The lowest BCUT2D eigenvalue weighted by atomic mass is 10.3. The largest absolute Gasteiger partial charge is 0.490 e. The standard InChI is InChI=1S/C9H6N2O2S.C2HF3O2/c12-9(13)8-11-5-7(14-8)6-3-1-2-4-10-6;3-2(4,5)1(6)7/h1-5H,(H,12,13);(H,6,7). The number of pyridine rings is 1. The Kier molecular flexibility index (Phi) is 5.36. The van der Waals surface area contributed by atoms with E-state index in [0.717, 1.165) is 21.9 Å². The topological polar surface area (TPSA) is 100 Å². The van der Waals surface area contributed by atoms with Crippen molar-refractivity contribution in [3.63, 3.8) is 0 Å². The molecule has 2 N–H and O–H groups in total. The molecule has 0 radical (unpaired) electrons. The van der Waals surface area contributed by atoms with Gasteiger partial charge in [-0.2, -0.15) is 13.2 Å². The van der Waals surface area contributed by atoms with E-state index in [-0.39, 0.29) is 5.01 Å². The highest BCUT2D eigenvalue weighted by Gasteiger charge is 2.38. The van der Waals surface area contributed by atoms with Crippen LogP contribution in [0.4, 0.5) is 13.2 Å². The molecule has 0 aliphatic heterocycles. The number of aromatic carboxylic acids is 1. The van der Waals surface area contributed by atoms with Gasteiger partial charge < -0.3 is 10.2 Å². The maximum absolute atomic E-state index is 10.6.